The molecule has 2 N–H and O–H groups in total. The number of rotatable bonds is 4. The fraction of sp³-hybridized carbons (Fsp3) is 0.231. The average Bonchev–Trinajstić information content (AvgIpc) is 2.69. The lowest BCUT2D eigenvalue weighted by Crippen LogP contribution is -1.96. The van der Waals surface area contributed by atoms with Gasteiger partial charge in [0.1, 0.15) is 29.7 Å². The van der Waals surface area contributed by atoms with Gasteiger partial charge in [0, 0.05) is 5.56 Å². The lowest BCUT2D eigenvalue weighted by Gasteiger charge is -2.04. The van der Waals surface area contributed by atoms with Crippen LogP contribution in [0.15, 0.2) is 34.7 Å². The number of halogens is 1. The lowest BCUT2D eigenvalue weighted by atomic mass is 10.2. The van der Waals surface area contributed by atoms with Gasteiger partial charge in [-0.2, -0.15) is 0 Å². The van der Waals surface area contributed by atoms with E-state index >= 15 is 0 Å². The van der Waals surface area contributed by atoms with Gasteiger partial charge in [-0.3, -0.25) is 0 Å². The van der Waals surface area contributed by atoms with Crippen LogP contribution in [-0.2, 0) is 13.2 Å². The van der Waals surface area contributed by atoms with Gasteiger partial charge in [0.05, 0.1) is 6.54 Å². The Labute approximate surface area is 99.0 Å². The molecule has 0 bridgehead atoms. The smallest absolute Gasteiger partial charge is 0.123 e. The summed E-state index contributed by atoms with van der Waals surface area (Å²) in [5.74, 6) is 1.89. The number of benzene rings is 1. The predicted octanol–water partition coefficient (Wildman–Crippen LogP) is 2.76. The van der Waals surface area contributed by atoms with Crippen LogP contribution in [0.25, 0.3) is 0 Å². The van der Waals surface area contributed by atoms with Gasteiger partial charge in [-0.05, 0) is 37.3 Å². The maximum Gasteiger partial charge on any atom is 0.123 e. The van der Waals surface area contributed by atoms with E-state index in [4.69, 9.17) is 14.9 Å². The van der Waals surface area contributed by atoms with Crippen LogP contribution in [0, 0.1) is 12.7 Å². The average molecular weight is 235 g/mol. The minimum Gasteiger partial charge on any atom is -0.489 e. The first-order valence-corrected chi connectivity index (χ1v) is 5.35. The van der Waals surface area contributed by atoms with Crippen molar-refractivity contribution in [3.05, 3.63) is 53.2 Å². The highest BCUT2D eigenvalue weighted by molar-refractivity contribution is 5.24. The second-order valence-electron chi connectivity index (χ2n) is 3.74. The lowest BCUT2D eigenvalue weighted by molar-refractivity contribution is 0.302. The molecule has 4 heteroatoms. The van der Waals surface area contributed by atoms with Crippen LogP contribution in [0.1, 0.15) is 17.1 Å². The third kappa shape index (κ3) is 2.85. The molecular formula is C13H14FNO2. The molecule has 0 fully saturated rings. The van der Waals surface area contributed by atoms with E-state index in [1.54, 1.807) is 12.1 Å². The van der Waals surface area contributed by atoms with Crippen LogP contribution in [0.5, 0.6) is 5.75 Å². The molecule has 0 atom stereocenters. The first-order valence-electron chi connectivity index (χ1n) is 5.35. The molecule has 90 valence electrons. The summed E-state index contributed by atoms with van der Waals surface area (Å²) in [4.78, 5) is 0. The zero-order valence-electron chi connectivity index (χ0n) is 9.57. The Morgan fingerprint density at radius 2 is 2.00 bits per heavy atom. The number of ether oxygens (including phenoxy) is 1. The van der Waals surface area contributed by atoms with E-state index in [-0.39, 0.29) is 5.82 Å². The number of aryl methyl sites for hydroxylation is 1. The van der Waals surface area contributed by atoms with Gasteiger partial charge in [-0.15, -0.1) is 0 Å². The van der Waals surface area contributed by atoms with Crippen molar-refractivity contribution >= 4 is 0 Å². The van der Waals surface area contributed by atoms with E-state index in [1.807, 2.05) is 13.0 Å². The second-order valence-corrected chi connectivity index (χ2v) is 3.74. The van der Waals surface area contributed by atoms with Gasteiger partial charge in [0.2, 0.25) is 0 Å². The third-order valence-electron chi connectivity index (χ3n) is 2.48. The van der Waals surface area contributed by atoms with Gasteiger partial charge >= 0.3 is 0 Å². The Morgan fingerprint density at radius 3 is 2.59 bits per heavy atom. The highest BCUT2D eigenvalue weighted by atomic mass is 19.1. The SMILES string of the molecule is Cc1oc(CN)cc1COc1ccc(F)cc1. The molecule has 0 unspecified atom stereocenters. The summed E-state index contributed by atoms with van der Waals surface area (Å²) in [6.07, 6.45) is 0. The van der Waals surface area contributed by atoms with Gasteiger partial charge < -0.3 is 14.9 Å². The summed E-state index contributed by atoms with van der Waals surface area (Å²) < 4.78 is 23.6. The fourth-order valence-corrected chi connectivity index (χ4v) is 1.52. The molecule has 1 heterocycles. The van der Waals surface area contributed by atoms with Crippen molar-refractivity contribution in [1.29, 1.82) is 0 Å². The van der Waals surface area contributed by atoms with E-state index in [0.29, 0.717) is 18.9 Å². The summed E-state index contributed by atoms with van der Waals surface area (Å²) in [6.45, 7) is 2.63. The Balaban J connectivity index is 2.01. The summed E-state index contributed by atoms with van der Waals surface area (Å²) in [7, 11) is 0. The van der Waals surface area contributed by atoms with Crippen molar-refractivity contribution < 1.29 is 13.5 Å². The predicted molar refractivity (Wildman–Crippen MR) is 62.1 cm³/mol. The van der Waals surface area contributed by atoms with Gasteiger partial charge in [-0.25, -0.2) is 4.39 Å². The minimum absolute atomic E-state index is 0.276. The normalized spacial score (nSPS) is 10.5. The molecule has 0 saturated heterocycles. The molecule has 0 saturated carbocycles. The van der Waals surface area contributed by atoms with Crippen molar-refractivity contribution in [2.45, 2.75) is 20.1 Å². The zero-order chi connectivity index (χ0) is 12.3. The number of nitrogens with two attached hydrogens (primary N) is 1. The topological polar surface area (TPSA) is 48.4 Å². The van der Waals surface area contributed by atoms with Crippen LogP contribution >= 0.6 is 0 Å². The Morgan fingerprint density at radius 1 is 1.29 bits per heavy atom. The first-order chi connectivity index (χ1) is 8.19. The summed E-state index contributed by atoms with van der Waals surface area (Å²) >= 11 is 0. The molecule has 2 aromatic rings. The highest BCUT2D eigenvalue weighted by Crippen LogP contribution is 2.18. The third-order valence-corrected chi connectivity index (χ3v) is 2.48. The molecule has 2 rings (SSSR count). The molecule has 0 aliphatic heterocycles. The number of hydrogen-bond donors (Lipinski definition) is 1. The zero-order valence-corrected chi connectivity index (χ0v) is 9.57. The van der Waals surface area contributed by atoms with Crippen molar-refractivity contribution in [3.63, 3.8) is 0 Å². The van der Waals surface area contributed by atoms with Crippen molar-refractivity contribution in [2.75, 3.05) is 0 Å². The van der Waals surface area contributed by atoms with Gasteiger partial charge in [0.15, 0.2) is 0 Å². The molecule has 1 aromatic heterocycles. The van der Waals surface area contributed by atoms with E-state index < -0.39 is 0 Å². The molecule has 1 aromatic carbocycles. The monoisotopic (exact) mass is 235 g/mol. The fourth-order valence-electron chi connectivity index (χ4n) is 1.52. The van der Waals surface area contributed by atoms with E-state index in [9.17, 15) is 4.39 Å². The van der Waals surface area contributed by atoms with Crippen molar-refractivity contribution in [2.24, 2.45) is 5.73 Å². The van der Waals surface area contributed by atoms with Crippen molar-refractivity contribution in [3.8, 4) is 5.75 Å². The Hall–Kier alpha value is -1.81. The molecule has 0 aliphatic carbocycles. The minimum atomic E-state index is -0.276. The second kappa shape index (κ2) is 5.01. The first kappa shape index (κ1) is 11.7. The Bertz CT molecular complexity index is 491. The summed E-state index contributed by atoms with van der Waals surface area (Å²) in [5, 5.41) is 0. The van der Waals surface area contributed by atoms with Gasteiger partial charge in [-0.1, -0.05) is 0 Å². The molecule has 0 amide bonds. The number of hydrogen-bond acceptors (Lipinski definition) is 3. The molecule has 17 heavy (non-hydrogen) atoms. The van der Waals surface area contributed by atoms with Crippen LogP contribution in [0.3, 0.4) is 0 Å². The summed E-state index contributed by atoms with van der Waals surface area (Å²) in [6, 6.07) is 7.79. The van der Waals surface area contributed by atoms with Crippen LogP contribution in [-0.4, -0.2) is 0 Å². The van der Waals surface area contributed by atoms with E-state index in [1.165, 1.54) is 12.1 Å². The standard InChI is InChI=1S/C13H14FNO2/c1-9-10(6-13(7-15)17-9)8-16-12-4-2-11(14)3-5-12/h2-6H,7-8,15H2,1H3. The van der Waals surface area contributed by atoms with Gasteiger partial charge in [0.25, 0.3) is 0 Å². The maximum atomic E-state index is 12.7. The molecule has 0 radical (unpaired) electrons. The van der Waals surface area contributed by atoms with E-state index in [0.717, 1.165) is 17.1 Å². The quantitative estimate of drug-likeness (QED) is 0.886. The molecule has 0 spiro atoms. The Kier molecular flexibility index (Phi) is 3.44. The van der Waals surface area contributed by atoms with Crippen LogP contribution < -0.4 is 10.5 Å². The van der Waals surface area contributed by atoms with E-state index in [2.05, 4.69) is 0 Å². The molecule has 3 nitrogen and oxygen atoms in total. The van der Waals surface area contributed by atoms with Crippen LogP contribution in [0.2, 0.25) is 0 Å². The maximum absolute atomic E-state index is 12.7. The number of furan rings is 1. The van der Waals surface area contributed by atoms with Crippen molar-refractivity contribution in [1.82, 2.24) is 0 Å². The summed E-state index contributed by atoms with van der Waals surface area (Å²) in [5.41, 5.74) is 6.43. The highest BCUT2D eigenvalue weighted by Gasteiger charge is 2.06. The van der Waals surface area contributed by atoms with Crippen LogP contribution in [0.4, 0.5) is 4.39 Å². The molecular weight excluding hydrogens is 221 g/mol. The largest absolute Gasteiger partial charge is 0.489 e. The molecule has 0 aliphatic rings.